The Morgan fingerprint density at radius 3 is 2.31 bits per heavy atom. The molecule has 8 heteroatoms. The molecule has 2 aromatic rings. The molecular weight excluding hydrogens is 386 g/mol. The van der Waals surface area contributed by atoms with E-state index in [1.54, 1.807) is 6.92 Å². The van der Waals surface area contributed by atoms with E-state index in [1.807, 2.05) is 0 Å². The van der Waals surface area contributed by atoms with Crippen molar-refractivity contribution in [3.8, 4) is 0 Å². The molecule has 2 aromatic carbocycles. The number of hydrogen-bond donors (Lipinski definition) is 2. The van der Waals surface area contributed by atoms with Crippen molar-refractivity contribution in [1.82, 2.24) is 0 Å². The summed E-state index contributed by atoms with van der Waals surface area (Å²) in [5.74, 6) is -0.814. The number of nitrogens with two attached hydrogens (primary N) is 1. The van der Waals surface area contributed by atoms with Gasteiger partial charge in [0.05, 0.1) is 12.0 Å². The van der Waals surface area contributed by atoms with Gasteiger partial charge in [0.15, 0.2) is 0 Å². The number of anilines is 1. The van der Waals surface area contributed by atoms with Crippen molar-refractivity contribution >= 4 is 23.4 Å². The summed E-state index contributed by atoms with van der Waals surface area (Å²) in [6.07, 6.45) is -2.89. The molecule has 0 heterocycles. The van der Waals surface area contributed by atoms with Crippen LogP contribution in [-0.4, -0.2) is 18.7 Å². The zero-order chi connectivity index (χ0) is 21.8. The van der Waals surface area contributed by atoms with Crippen LogP contribution >= 0.6 is 0 Å². The van der Waals surface area contributed by atoms with Crippen molar-refractivity contribution < 1.29 is 22.4 Å². The second-order valence-corrected chi connectivity index (χ2v) is 6.37. The maximum absolute atomic E-state index is 13.2. The van der Waals surface area contributed by atoms with Gasteiger partial charge in [-0.05, 0) is 66.9 Å². The van der Waals surface area contributed by atoms with Crippen LogP contribution in [0.1, 0.15) is 29.2 Å². The van der Waals surface area contributed by atoms with Gasteiger partial charge < -0.3 is 16.0 Å². The van der Waals surface area contributed by atoms with E-state index in [2.05, 4.69) is 0 Å². The number of rotatable bonds is 6. The van der Waals surface area contributed by atoms with E-state index in [-0.39, 0.29) is 29.0 Å². The number of allylic oxidation sites excluding steroid dienone is 1. The standard InChI is InChI=1S/C21H21F4N3O/c1-3-28(17-6-4-16(22)5-7-17)20(29)10-18-13(2)8-15(21(23,24)25)9-19(18)14(11-26)12-27/h4-9,11-12,26H,3,10,27H2,1-2H3/b14-12+,26-11?. The average Bonchev–Trinajstić information content (AvgIpc) is 2.66. The highest BCUT2D eigenvalue weighted by molar-refractivity contribution is 6.09. The lowest BCUT2D eigenvalue weighted by atomic mass is 9.91. The molecule has 29 heavy (non-hydrogen) atoms. The maximum atomic E-state index is 13.2. The van der Waals surface area contributed by atoms with Gasteiger partial charge in [0.1, 0.15) is 5.82 Å². The molecule has 2 rings (SSSR count). The first kappa shape index (κ1) is 22.1. The van der Waals surface area contributed by atoms with Crippen molar-refractivity contribution in [2.24, 2.45) is 5.73 Å². The van der Waals surface area contributed by atoms with Gasteiger partial charge in [-0.1, -0.05) is 0 Å². The van der Waals surface area contributed by atoms with Crippen LogP contribution in [0.2, 0.25) is 0 Å². The van der Waals surface area contributed by atoms with Crippen molar-refractivity contribution in [2.45, 2.75) is 26.4 Å². The molecule has 0 aliphatic carbocycles. The lowest BCUT2D eigenvalue weighted by Gasteiger charge is -2.23. The number of nitrogens with zero attached hydrogens (tertiary/aromatic N) is 1. The highest BCUT2D eigenvalue weighted by atomic mass is 19.4. The average molecular weight is 407 g/mol. The fourth-order valence-corrected chi connectivity index (χ4v) is 3.06. The molecule has 0 aliphatic heterocycles. The smallest absolute Gasteiger partial charge is 0.404 e. The molecule has 0 unspecified atom stereocenters. The van der Waals surface area contributed by atoms with Gasteiger partial charge in [0.25, 0.3) is 0 Å². The summed E-state index contributed by atoms with van der Waals surface area (Å²) < 4.78 is 52.9. The molecule has 1 amide bonds. The predicted octanol–water partition coefficient (Wildman–Crippen LogP) is 4.70. The van der Waals surface area contributed by atoms with E-state index in [0.29, 0.717) is 17.8 Å². The molecule has 0 atom stereocenters. The molecule has 3 N–H and O–H groups in total. The molecule has 154 valence electrons. The molecule has 0 saturated heterocycles. The molecule has 0 aromatic heterocycles. The van der Waals surface area contributed by atoms with Crippen molar-refractivity contribution in [1.29, 1.82) is 5.41 Å². The summed E-state index contributed by atoms with van der Waals surface area (Å²) in [5.41, 5.74) is 5.86. The Morgan fingerprint density at radius 2 is 1.83 bits per heavy atom. The largest absolute Gasteiger partial charge is 0.416 e. The molecule has 0 bridgehead atoms. The van der Waals surface area contributed by atoms with Gasteiger partial charge >= 0.3 is 6.18 Å². The van der Waals surface area contributed by atoms with E-state index >= 15 is 0 Å². The van der Waals surface area contributed by atoms with Gasteiger partial charge in [-0.3, -0.25) is 4.79 Å². The predicted molar refractivity (Wildman–Crippen MR) is 105 cm³/mol. The van der Waals surface area contributed by atoms with Crippen LogP contribution in [0.5, 0.6) is 0 Å². The minimum absolute atomic E-state index is 0.0758. The molecule has 0 fully saturated rings. The third kappa shape index (κ3) is 5.01. The van der Waals surface area contributed by atoms with Gasteiger partial charge in [-0.25, -0.2) is 4.39 Å². The van der Waals surface area contributed by atoms with Crippen LogP contribution in [0.3, 0.4) is 0 Å². The van der Waals surface area contributed by atoms with Crippen LogP contribution in [0.25, 0.3) is 5.57 Å². The first-order valence-corrected chi connectivity index (χ1v) is 8.81. The fourth-order valence-electron chi connectivity index (χ4n) is 3.06. The zero-order valence-corrected chi connectivity index (χ0v) is 16.0. The zero-order valence-electron chi connectivity index (χ0n) is 16.0. The molecule has 4 nitrogen and oxygen atoms in total. The summed E-state index contributed by atoms with van der Waals surface area (Å²) in [7, 11) is 0. The topological polar surface area (TPSA) is 70.2 Å². The first-order chi connectivity index (χ1) is 13.6. The number of carbonyl (C=O) groups is 1. The first-order valence-electron chi connectivity index (χ1n) is 8.81. The maximum Gasteiger partial charge on any atom is 0.416 e. The Labute approximate surface area is 166 Å². The second-order valence-electron chi connectivity index (χ2n) is 6.37. The Kier molecular flexibility index (Phi) is 6.79. The molecule has 0 saturated carbocycles. The number of alkyl halides is 3. The Bertz CT molecular complexity index is 934. The monoisotopic (exact) mass is 407 g/mol. The fraction of sp³-hybridized carbons (Fsp3) is 0.238. The quantitative estimate of drug-likeness (QED) is 0.538. The SMILES string of the molecule is CCN(C(=O)Cc1c(C)cc(C(F)(F)F)cc1/C(C=N)=C/N)c1ccc(F)cc1. The molecule has 0 radical (unpaired) electrons. The molecular formula is C21H21F4N3O. The van der Waals surface area contributed by atoms with Gasteiger partial charge in [-0.2, -0.15) is 13.2 Å². The highest BCUT2D eigenvalue weighted by Crippen LogP contribution is 2.34. The van der Waals surface area contributed by atoms with Crippen molar-refractivity contribution in [2.75, 3.05) is 11.4 Å². The highest BCUT2D eigenvalue weighted by Gasteiger charge is 2.32. The molecule has 0 spiro atoms. The Balaban J connectivity index is 2.51. The minimum Gasteiger partial charge on any atom is -0.404 e. The van der Waals surface area contributed by atoms with E-state index in [1.165, 1.54) is 36.1 Å². The van der Waals surface area contributed by atoms with Crippen LogP contribution in [0.4, 0.5) is 23.2 Å². The van der Waals surface area contributed by atoms with E-state index in [9.17, 15) is 22.4 Å². The summed E-state index contributed by atoms with van der Waals surface area (Å²) in [5, 5.41) is 7.46. The summed E-state index contributed by atoms with van der Waals surface area (Å²) in [6.45, 7) is 3.52. The summed E-state index contributed by atoms with van der Waals surface area (Å²) >= 11 is 0. The summed E-state index contributed by atoms with van der Waals surface area (Å²) in [6, 6.07) is 7.24. The number of aryl methyl sites for hydroxylation is 1. The normalized spacial score (nSPS) is 12.0. The van der Waals surface area contributed by atoms with E-state index < -0.39 is 17.6 Å². The second kappa shape index (κ2) is 8.89. The van der Waals surface area contributed by atoms with Gasteiger partial charge in [0.2, 0.25) is 5.91 Å². The number of nitrogens with one attached hydrogen (secondary N) is 1. The van der Waals surface area contributed by atoms with Crippen LogP contribution in [0, 0.1) is 18.2 Å². The number of likely N-dealkylation sites (N-methyl/N-ethyl adjacent to an activating group) is 1. The third-order valence-corrected chi connectivity index (χ3v) is 4.53. The van der Waals surface area contributed by atoms with Crippen LogP contribution in [-0.2, 0) is 17.4 Å². The van der Waals surface area contributed by atoms with Gasteiger partial charge in [0, 0.05) is 30.2 Å². The minimum atomic E-state index is -4.58. The number of amides is 1. The van der Waals surface area contributed by atoms with E-state index in [4.69, 9.17) is 11.1 Å². The van der Waals surface area contributed by atoms with Crippen LogP contribution in [0.15, 0.2) is 42.6 Å². The van der Waals surface area contributed by atoms with E-state index in [0.717, 1.165) is 24.5 Å². The lowest BCUT2D eigenvalue weighted by molar-refractivity contribution is -0.137. The van der Waals surface area contributed by atoms with Crippen molar-refractivity contribution in [3.63, 3.8) is 0 Å². The Hall–Kier alpha value is -3.16. The van der Waals surface area contributed by atoms with Gasteiger partial charge in [-0.15, -0.1) is 0 Å². The third-order valence-electron chi connectivity index (χ3n) is 4.53. The Morgan fingerprint density at radius 1 is 1.21 bits per heavy atom. The lowest BCUT2D eigenvalue weighted by Crippen LogP contribution is -2.32. The molecule has 0 aliphatic rings. The number of halogens is 4. The van der Waals surface area contributed by atoms with Crippen molar-refractivity contribution in [3.05, 3.63) is 70.7 Å². The number of carbonyl (C=O) groups excluding carboxylic acids is 1. The number of hydrogen-bond acceptors (Lipinski definition) is 3. The summed E-state index contributed by atoms with van der Waals surface area (Å²) in [4.78, 5) is 14.3. The van der Waals surface area contributed by atoms with Crippen LogP contribution < -0.4 is 10.6 Å². The number of benzene rings is 2.